The number of sulfone groups is 1. The van der Waals surface area contributed by atoms with E-state index in [-0.39, 0.29) is 23.5 Å². The Hall–Kier alpha value is -1.67. The fourth-order valence-electron chi connectivity index (χ4n) is 2.66. The fraction of sp³-hybridized carbons (Fsp3) is 0.600. The van der Waals surface area contributed by atoms with E-state index < -0.39 is 9.84 Å². The summed E-state index contributed by atoms with van der Waals surface area (Å²) in [6.45, 7) is 3.56. The lowest BCUT2D eigenvalue weighted by Crippen LogP contribution is -2.41. The van der Waals surface area contributed by atoms with Crippen LogP contribution in [-0.2, 0) is 14.6 Å². The van der Waals surface area contributed by atoms with E-state index in [0.29, 0.717) is 31.8 Å². The van der Waals surface area contributed by atoms with Crippen LogP contribution in [0.25, 0.3) is 0 Å². The first kappa shape index (κ1) is 17.7. The molecular formula is C15H23N3O4S. The Morgan fingerprint density at radius 3 is 2.78 bits per heavy atom. The van der Waals surface area contributed by atoms with Crippen molar-refractivity contribution in [2.45, 2.75) is 19.4 Å². The summed E-state index contributed by atoms with van der Waals surface area (Å²) in [7, 11) is -1.39. The molecule has 2 rings (SSSR count). The summed E-state index contributed by atoms with van der Waals surface area (Å²) < 4.78 is 28.2. The molecule has 1 aliphatic heterocycles. The first-order valence-electron chi connectivity index (χ1n) is 7.67. The van der Waals surface area contributed by atoms with Crippen molar-refractivity contribution in [1.82, 2.24) is 9.88 Å². The molecule has 128 valence electrons. The monoisotopic (exact) mass is 341 g/mol. The average Bonchev–Trinajstić information content (AvgIpc) is 2.89. The van der Waals surface area contributed by atoms with Gasteiger partial charge in [-0.1, -0.05) is 0 Å². The number of ether oxygens (including phenoxy) is 1. The first-order valence-corrected chi connectivity index (χ1v) is 9.49. The predicted octanol–water partition coefficient (Wildman–Crippen LogP) is 0.789. The van der Waals surface area contributed by atoms with Gasteiger partial charge >= 0.3 is 0 Å². The summed E-state index contributed by atoms with van der Waals surface area (Å²) in [4.78, 5) is 18.4. The fourth-order valence-corrected chi connectivity index (χ4v) is 4.39. The van der Waals surface area contributed by atoms with Crippen molar-refractivity contribution in [2.24, 2.45) is 0 Å². The zero-order chi connectivity index (χ0) is 16.9. The Morgan fingerprint density at radius 1 is 1.48 bits per heavy atom. The predicted molar refractivity (Wildman–Crippen MR) is 88.4 cm³/mol. The molecule has 2 heterocycles. The molecule has 0 radical (unpaired) electrons. The number of amides is 1. The van der Waals surface area contributed by atoms with Gasteiger partial charge in [-0.15, -0.1) is 0 Å². The van der Waals surface area contributed by atoms with E-state index in [1.165, 1.54) is 0 Å². The minimum atomic E-state index is -3.02. The highest BCUT2D eigenvalue weighted by Crippen LogP contribution is 2.19. The van der Waals surface area contributed by atoms with E-state index in [4.69, 9.17) is 4.74 Å². The van der Waals surface area contributed by atoms with Gasteiger partial charge in [-0.05, 0) is 25.5 Å². The molecular weight excluding hydrogens is 318 g/mol. The maximum Gasteiger partial charge on any atom is 0.272 e. The van der Waals surface area contributed by atoms with Crippen molar-refractivity contribution in [3.8, 4) is 0 Å². The number of hydrogen-bond acceptors (Lipinski definition) is 6. The van der Waals surface area contributed by atoms with Gasteiger partial charge in [-0.3, -0.25) is 4.79 Å². The van der Waals surface area contributed by atoms with Crippen LogP contribution in [0, 0.1) is 0 Å². The highest BCUT2D eigenvalue weighted by atomic mass is 32.2. The van der Waals surface area contributed by atoms with Crippen molar-refractivity contribution in [1.29, 1.82) is 0 Å². The quantitative estimate of drug-likeness (QED) is 0.738. The molecule has 7 nitrogen and oxygen atoms in total. The molecule has 0 spiro atoms. The number of carbonyl (C=O) groups is 1. The molecule has 0 aliphatic carbocycles. The molecule has 1 atom stereocenters. The Balaban J connectivity index is 2.03. The van der Waals surface area contributed by atoms with Crippen LogP contribution >= 0.6 is 0 Å². The van der Waals surface area contributed by atoms with Gasteiger partial charge in [0.1, 0.15) is 5.69 Å². The second kappa shape index (κ2) is 7.74. The van der Waals surface area contributed by atoms with E-state index in [9.17, 15) is 13.2 Å². The van der Waals surface area contributed by atoms with Gasteiger partial charge in [0.15, 0.2) is 9.84 Å². The number of hydrogen-bond donors (Lipinski definition) is 1. The van der Waals surface area contributed by atoms with Crippen LogP contribution in [0.1, 0.15) is 23.8 Å². The molecule has 1 fully saturated rings. The number of nitrogens with one attached hydrogen (secondary N) is 1. The van der Waals surface area contributed by atoms with E-state index in [0.717, 1.165) is 5.69 Å². The maximum absolute atomic E-state index is 12.6. The SMILES string of the molecule is CCN(C(=O)c1ccc(NCCOC)cn1)C1CCS(=O)(=O)C1. The van der Waals surface area contributed by atoms with Crippen molar-refractivity contribution >= 4 is 21.4 Å². The van der Waals surface area contributed by atoms with Crippen LogP contribution in [0.4, 0.5) is 5.69 Å². The van der Waals surface area contributed by atoms with Gasteiger partial charge in [-0.25, -0.2) is 13.4 Å². The lowest BCUT2D eigenvalue weighted by molar-refractivity contribution is 0.0702. The highest BCUT2D eigenvalue weighted by molar-refractivity contribution is 7.91. The molecule has 1 amide bonds. The van der Waals surface area contributed by atoms with Crippen LogP contribution in [0.5, 0.6) is 0 Å². The van der Waals surface area contributed by atoms with Gasteiger partial charge in [0.2, 0.25) is 0 Å². The molecule has 0 aromatic carbocycles. The normalized spacial score (nSPS) is 19.5. The third-order valence-corrected chi connectivity index (χ3v) is 5.62. The van der Waals surface area contributed by atoms with Crippen LogP contribution in [0.3, 0.4) is 0 Å². The third-order valence-electron chi connectivity index (χ3n) is 3.87. The molecule has 1 N–H and O–H groups in total. The van der Waals surface area contributed by atoms with Crippen molar-refractivity contribution < 1.29 is 17.9 Å². The Bertz CT molecular complexity index is 631. The Labute approximate surface area is 137 Å². The molecule has 1 unspecified atom stereocenters. The maximum atomic E-state index is 12.6. The number of pyridine rings is 1. The summed E-state index contributed by atoms with van der Waals surface area (Å²) in [5.41, 5.74) is 1.14. The third kappa shape index (κ3) is 4.65. The summed E-state index contributed by atoms with van der Waals surface area (Å²) in [6.07, 6.45) is 2.10. The molecule has 1 aromatic heterocycles. The smallest absolute Gasteiger partial charge is 0.272 e. The number of methoxy groups -OCH3 is 1. The van der Waals surface area contributed by atoms with Crippen LogP contribution < -0.4 is 5.32 Å². The van der Waals surface area contributed by atoms with Crippen LogP contribution in [-0.4, -0.2) is 68.6 Å². The first-order chi connectivity index (χ1) is 11.0. The Morgan fingerprint density at radius 2 is 2.26 bits per heavy atom. The largest absolute Gasteiger partial charge is 0.383 e. The van der Waals surface area contributed by atoms with Gasteiger partial charge < -0.3 is 15.0 Å². The summed E-state index contributed by atoms with van der Waals surface area (Å²) >= 11 is 0. The second-order valence-electron chi connectivity index (χ2n) is 5.50. The summed E-state index contributed by atoms with van der Waals surface area (Å²) in [5, 5.41) is 3.13. The number of rotatable bonds is 7. The lowest BCUT2D eigenvalue weighted by Gasteiger charge is -2.26. The zero-order valence-electron chi connectivity index (χ0n) is 13.5. The number of nitrogens with zero attached hydrogens (tertiary/aromatic N) is 2. The van der Waals surface area contributed by atoms with E-state index >= 15 is 0 Å². The van der Waals surface area contributed by atoms with Gasteiger partial charge in [0.05, 0.1) is 30.0 Å². The van der Waals surface area contributed by atoms with Crippen molar-refractivity contribution in [2.75, 3.05) is 43.6 Å². The van der Waals surface area contributed by atoms with Crippen molar-refractivity contribution in [3.63, 3.8) is 0 Å². The average molecular weight is 341 g/mol. The lowest BCUT2D eigenvalue weighted by atomic mass is 10.2. The van der Waals surface area contributed by atoms with Crippen LogP contribution in [0.15, 0.2) is 18.3 Å². The summed E-state index contributed by atoms with van der Waals surface area (Å²) in [6, 6.07) is 3.19. The number of anilines is 1. The standard InChI is InChI=1S/C15H23N3O4S/c1-3-18(13-6-9-23(20,21)11-13)15(19)14-5-4-12(10-17-14)16-7-8-22-2/h4-5,10,13,16H,3,6-9,11H2,1-2H3. The minimum absolute atomic E-state index is 0.0449. The molecule has 1 aliphatic rings. The minimum Gasteiger partial charge on any atom is -0.383 e. The summed E-state index contributed by atoms with van der Waals surface area (Å²) in [5.74, 6) is -0.0291. The topological polar surface area (TPSA) is 88.6 Å². The second-order valence-corrected chi connectivity index (χ2v) is 7.73. The molecule has 0 saturated carbocycles. The van der Waals surface area contributed by atoms with E-state index in [1.54, 1.807) is 30.3 Å². The zero-order valence-corrected chi connectivity index (χ0v) is 14.3. The molecule has 23 heavy (non-hydrogen) atoms. The molecule has 1 saturated heterocycles. The Kier molecular flexibility index (Phi) is 5.95. The van der Waals surface area contributed by atoms with Crippen LogP contribution in [0.2, 0.25) is 0 Å². The highest BCUT2D eigenvalue weighted by Gasteiger charge is 2.34. The molecule has 8 heteroatoms. The molecule has 1 aromatic rings. The number of aromatic nitrogens is 1. The van der Waals surface area contributed by atoms with Gasteiger partial charge in [0.25, 0.3) is 5.91 Å². The van der Waals surface area contributed by atoms with Crippen molar-refractivity contribution in [3.05, 3.63) is 24.0 Å². The van der Waals surface area contributed by atoms with E-state index in [1.807, 2.05) is 6.92 Å². The number of carbonyl (C=O) groups excluding carboxylic acids is 1. The van der Waals surface area contributed by atoms with E-state index in [2.05, 4.69) is 10.3 Å². The van der Waals surface area contributed by atoms with Gasteiger partial charge in [0, 0.05) is 26.2 Å². The van der Waals surface area contributed by atoms with Gasteiger partial charge in [-0.2, -0.15) is 0 Å². The molecule has 0 bridgehead atoms.